The molecular weight excluding hydrogens is 254 g/mol. The molecule has 1 saturated carbocycles. The Bertz CT molecular complexity index is 548. The molecule has 1 aliphatic rings. The van der Waals surface area contributed by atoms with Crippen LogP contribution in [0, 0.1) is 17.3 Å². The van der Waals surface area contributed by atoms with Crippen LogP contribution in [0.25, 0.3) is 0 Å². The summed E-state index contributed by atoms with van der Waals surface area (Å²) >= 11 is 0. The van der Waals surface area contributed by atoms with Gasteiger partial charge in [-0.05, 0) is 29.0 Å². The maximum absolute atomic E-state index is 12.2. The lowest BCUT2D eigenvalue weighted by Crippen LogP contribution is -2.17. The van der Waals surface area contributed by atoms with Crippen LogP contribution in [-0.4, -0.2) is 17.0 Å². The second-order valence-electron chi connectivity index (χ2n) is 6.38. The first kappa shape index (κ1) is 14.6. The molecule has 2 N–H and O–H groups in total. The molecule has 2 unspecified atom stereocenters. The molecule has 1 aromatic carbocycles. The molecule has 4 heteroatoms. The molecule has 2 atom stereocenters. The van der Waals surface area contributed by atoms with Crippen molar-refractivity contribution in [2.75, 3.05) is 5.32 Å². The van der Waals surface area contributed by atoms with Crippen molar-refractivity contribution in [3.8, 4) is 0 Å². The number of benzene rings is 1. The first-order chi connectivity index (χ1) is 9.25. The largest absolute Gasteiger partial charge is 0.481 e. The van der Waals surface area contributed by atoms with Gasteiger partial charge >= 0.3 is 5.97 Å². The first-order valence-corrected chi connectivity index (χ1v) is 6.88. The highest BCUT2D eigenvalue weighted by Gasteiger charge is 2.65. The minimum absolute atomic E-state index is 0.205. The Balaban J connectivity index is 2.10. The summed E-state index contributed by atoms with van der Waals surface area (Å²) in [5.74, 6) is -1.76. The third-order valence-electron chi connectivity index (χ3n) is 4.20. The second-order valence-corrected chi connectivity index (χ2v) is 6.38. The van der Waals surface area contributed by atoms with Crippen molar-refractivity contribution in [3.05, 3.63) is 29.8 Å². The van der Waals surface area contributed by atoms with E-state index >= 15 is 0 Å². The molecule has 0 heterocycles. The second kappa shape index (κ2) is 4.93. The molecule has 2 rings (SSSR count). The van der Waals surface area contributed by atoms with Crippen molar-refractivity contribution in [2.45, 2.75) is 33.6 Å². The molecule has 108 valence electrons. The number of amides is 1. The van der Waals surface area contributed by atoms with E-state index < -0.39 is 23.2 Å². The molecular formula is C16H21NO3. The van der Waals surface area contributed by atoms with Gasteiger partial charge in [-0.15, -0.1) is 0 Å². The molecule has 1 fully saturated rings. The summed E-state index contributed by atoms with van der Waals surface area (Å²) in [5.41, 5.74) is 1.41. The van der Waals surface area contributed by atoms with Crippen molar-refractivity contribution in [2.24, 2.45) is 17.3 Å². The van der Waals surface area contributed by atoms with Crippen LogP contribution in [0.15, 0.2) is 24.3 Å². The van der Waals surface area contributed by atoms with Crippen molar-refractivity contribution >= 4 is 17.6 Å². The number of carboxylic acids is 1. The van der Waals surface area contributed by atoms with E-state index in [0.29, 0.717) is 5.92 Å². The number of anilines is 1. The third kappa shape index (κ3) is 2.55. The molecule has 0 bridgehead atoms. The molecule has 0 aromatic heterocycles. The van der Waals surface area contributed by atoms with Gasteiger partial charge in [-0.3, -0.25) is 9.59 Å². The summed E-state index contributed by atoms with van der Waals surface area (Å²) in [6, 6.07) is 7.68. The molecule has 4 nitrogen and oxygen atoms in total. The van der Waals surface area contributed by atoms with Crippen LogP contribution in [0.1, 0.15) is 39.2 Å². The molecule has 0 saturated heterocycles. The average molecular weight is 275 g/mol. The first-order valence-electron chi connectivity index (χ1n) is 6.88. The Labute approximate surface area is 119 Å². The highest BCUT2D eigenvalue weighted by atomic mass is 16.4. The summed E-state index contributed by atoms with van der Waals surface area (Å²) in [6.45, 7) is 7.82. The van der Waals surface area contributed by atoms with Gasteiger partial charge in [0.1, 0.15) is 0 Å². The monoisotopic (exact) mass is 275 g/mol. The number of carbonyl (C=O) groups is 2. The molecule has 1 aromatic rings. The fourth-order valence-electron chi connectivity index (χ4n) is 2.78. The van der Waals surface area contributed by atoms with Gasteiger partial charge in [0.15, 0.2) is 0 Å². The van der Waals surface area contributed by atoms with Crippen molar-refractivity contribution in [3.63, 3.8) is 0 Å². The Morgan fingerprint density at radius 1 is 1.25 bits per heavy atom. The number of carbonyl (C=O) groups excluding carboxylic acids is 1. The normalized spacial score (nSPS) is 23.4. The Morgan fingerprint density at radius 3 is 2.40 bits per heavy atom. The van der Waals surface area contributed by atoms with Crippen LogP contribution in [0.4, 0.5) is 5.69 Å². The van der Waals surface area contributed by atoms with Gasteiger partial charge in [0, 0.05) is 5.69 Å². The molecule has 0 aliphatic heterocycles. The lowest BCUT2D eigenvalue weighted by Gasteiger charge is -2.10. The van der Waals surface area contributed by atoms with Crippen LogP contribution in [0.3, 0.4) is 0 Å². The zero-order chi connectivity index (χ0) is 15.1. The standard InChI is InChI=1S/C16H21NO3/c1-9(2)10-6-5-7-11(8-10)17-14(18)12-13(15(19)20)16(12,3)4/h5-9,12-13H,1-4H3,(H,17,18)(H,19,20). The topological polar surface area (TPSA) is 66.4 Å². The van der Waals surface area contributed by atoms with Gasteiger partial charge in [-0.2, -0.15) is 0 Å². The van der Waals surface area contributed by atoms with Gasteiger partial charge < -0.3 is 10.4 Å². The zero-order valence-corrected chi connectivity index (χ0v) is 12.3. The predicted molar refractivity (Wildman–Crippen MR) is 77.6 cm³/mol. The highest BCUT2D eigenvalue weighted by molar-refractivity contribution is 5.99. The third-order valence-corrected chi connectivity index (χ3v) is 4.20. The maximum Gasteiger partial charge on any atom is 0.307 e. The van der Waals surface area contributed by atoms with Crippen LogP contribution in [0.5, 0.6) is 0 Å². The molecule has 20 heavy (non-hydrogen) atoms. The van der Waals surface area contributed by atoms with E-state index in [2.05, 4.69) is 19.2 Å². The number of aliphatic carboxylic acids is 1. The number of hydrogen-bond donors (Lipinski definition) is 2. The summed E-state index contributed by atoms with van der Waals surface area (Å²) < 4.78 is 0. The van der Waals surface area contributed by atoms with Gasteiger partial charge in [-0.25, -0.2) is 0 Å². The van der Waals surface area contributed by atoms with E-state index in [1.54, 1.807) is 0 Å². The number of carboxylic acid groups (broad SMARTS) is 1. The zero-order valence-electron chi connectivity index (χ0n) is 12.3. The predicted octanol–water partition coefficient (Wildman–Crippen LogP) is 3.11. The smallest absolute Gasteiger partial charge is 0.307 e. The van der Waals surface area contributed by atoms with Crippen LogP contribution in [0.2, 0.25) is 0 Å². The van der Waals surface area contributed by atoms with Gasteiger partial charge in [0.05, 0.1) is 11.8 Å². The quantitative estimate of drug-likeness (QED) is 0.887. The Hall–Kier alpha value is -1.84. The number of nitrogens with one attached hydrogen (secondary N) is 1. The Morgan fingerprint density at radius 2 is 1.90 bits per heavy atom. The number of hydrogen-bond acceptors (Lipinski definition) is 2. The van der Waals surface area contributed by atoms with E-state index in [-0.39, 0.29) is 5.91 Å². The fraction of sp³-hybridized carbons (Fsp3) is 0.500. The molecule has 1 amide bonds. The van der Waals surface area contributed by atoms with Crippen molar-refractivity contribution in [1.29, 1.82) is 0 Å². The fourth-order valence-corrected chi connectivity index (χ4v) is 2.78. The van der Waals surface area contributed by atoms with Gasteiger partial charge in [0.25, 0.3) is 0 Å². The lowest BCUT2D eigenvalue weighted by molar-refractivity contribution is -0.140. The molecule has 0 radical (unpaired) electrons. The molecule has 1 aliphatic carbocycles. The Kier molecular flexibility index (Phi) is 3.59. The minimum atomic E-state index is -0.897. The highest BCUT2D eigenvalue weighted by Crippen LogP contribution is 2.58. The van der Waals surface area contributed by atoms with E-state index in [1.807, 2.05) is 38.1 Å². The number of rotatable bonds is 4. The molecule has 0 spiro atoms. The van der Waals surface area contributed by atoms with Crippen LogP contribution >= 0.6 is 0 Å². The summed E-state index contributed by atoms with van der Waals surface area (Å²) in [7, 11) is 0. The lowest BCUT2D eigenvalue weighted by atomic mass is 10.0. The summed E-state index contributed by atoms with van der Waals surface area (Å²) in [4.78, 5) is 23.3. The van der Waals surface area contributed by atoms with Crippen molar-refractivity contribution in [1.82, 2.24) is 0 Å². The van der Waals surface area contributed by atoms with Crippen LogP contribution in [-0.2, 0) is 9.59 Å². The van der Waals surface area contributed by atoms with E-state index in [1.165, 1.54) is 0 Å². The summed E-state index contributed by atoms with van der Waals surface area (Å²) in [5, 5.41) is 11.9. The SMILES string of the molecule is CC(C)c1cccc(NC(=O)C2C(C(=O)O)C2(C)C)c1. The maximum atomic E-state index is 12.2. The van der Waals surface area contributed by atoms with E-state index in [0.717, 1.165) is 11.3 Å². The average Bonchev–Trinajstić information content (AvgIpc) is 2.93. The van der Waals surface area contributed by atoms with E-state index in [4.69, 9.17) is 5.11 Å². The summed E-state index contributed by atoms with van der Waals surface area (Å²) in [6.07, 6.45) is 0. The minimum Gasteiger partial charge on any atom is -0.481 e. The van der Waals surface area contributed by atoms with E-state index in [9.17, 15) is 9.59 Å². The van der Waals surface area contributed by atoms with Crippen molar-refractivity contribution < 1.29 is 14.7 Å². The van der Waals surface area contributed by atoms with Gasteiger partial charge in [-0.1, -0.05) is 39.8 Å². The van der Waals surface area contributed by atoms with Crippen LogP contribution < -0.4 is 5.32 Å². The van der Waals surface area contributed by atoms with Gasteiger partial charge in [0.2, 0.25) is 5.91 Å².